The Morgan fingerprint density at radius 3 is 3.00 bits per heavy atom. The third kappa shape index (κ3) is 6.88. The fourth-order valence-electron chi connectivity index (χ4n) is 3.29. The van der Waals surface area contributed by atoms with Gasteiger partial charge < -0.3 is 10.6 Å². The summed E-state index contributed by atoms with van der Waals surface area (Å²) >= 11 is 3.54. The Labute approximate surface area is 176 Å². The number of hydrogen-bond donors (Lipinski definition) is 2. The van der Waals surface area contributed by atoms with E-state index in [1.807, 2.05) is 23.3 Å². The van der Waals surface area contributed by atoms with Crippen LogP contribution in [0.3, 0.4) is 0 Å². The molecule has 2 unspecified atom stereocenters. The normalized spacial score (nSPS) is 24.2. The average Bonchev–Trinajstić information content (AvgIpc) is 3.14. The van der Waals surface area contributed by atoms with E-state index in [0.29, 0.717) is 12.1 Å². The highest BCUT2D eigenvalue weighted by molar-refractivity contribution is 14.0. The molecule has 2 aliphatic rings. The first-order chi connectivity index (χ1) is 11.8. The summed E-state index contributed by atoms with van der Waals surface area (Å²) in [4.78, 5) is 11.7. The second-order valence-corrected chi connectivity index (χ2v) is 8.85. The third-order valence-electron chi connectivity index (χ3n) is 4.53. The summed E-state index contributed by atoms with van der Waals surface area (Å²) in [6.07, 6.45) is 6.95. The summed E-state index contributed by atoms with van der Waals surface area (Å²) < 4.78 is 1.16. The van der Waals surface area contributed by atoms with Crippen LogP contribution in [0, 0.1) is 0 Å². The molecule has 2 atom stereocenters. The van der Waals surface area contributed by atoms with Gasteiger partial charge in [-0.3, -0.25) is 9.89 Å². The molecule has 2 heterocycles. The molecule has 5 nitrogen and oxygen atoms in total. The van der Waals surface area contributed by atoms with Gasteiger partial charge in [-0.15, -0.1) is 35.3 Å². The largest absolute Gasteiger partial charge is 0.357 e. The summed E-state index contributed by atoms with van der Waals surface area (Å²) in [6.45, 7) is 7.43. The van der Waals surface area contributed by atoms with Crippen molar-refractivity contribution in [2.45, 2.75) is 62.0 Å². The van der Waals surface area contributed by atoms with Crippen LogP contribution in [0.1, 0.15) is 39.5 Å². The van der Waals surface area contributed by atoms with Gasteiger partial charge in [0, 0.05) is 55.1 Å². The molecule has 1 aliphatic carbocycles. The number of thiazole rings is 1. The first-order valence-electron chi connectivity index (χ1n) is 9.09. The van der Waals surface area contributed by atoms with E-state index in [-0.39, 0.29) is 24.0 Å². The number of aromatic nitrogens is 1. The Kier molecular flexibility index (Phi) is 9.29. The van der Waals surface area contributed by atoms with Gasteiger partial charge in [0.15, 0.2) is 5.96 Å². The molecule has 0 aromatic carbocycles. The van der Waals surface area contributed by atoms with Crippen LogP contribution in [0.2, 0.25) is 0 Å². The summed E-state index contributed by atoms with van der Waals surface area (Å²) in [5, 5.41) is 9.07. The summed E-state index contributed by atoms with van der Waals surface area (Å²) in [5.41, 5.74) is 0. The number of likely N-dealkylation sites (tertiary alicyclic amines) is 1. The van der Waals surface area contributed by atoms with Crippen LogP contribution in [0.4, 0.5) is 0 Å². The van der Waals surface area contributed by atoms with Gasteiger partial charge >= 0.3 is 0 Å². The fraction of sp³-hybridized carbons (Fsp3) is 0.765. The van der Waals surface area contributed by atoms with Crippen molar-refractivity contribution in [3.05, 3.63) is 11.6 Å². The molecule has 3 rings (SSSR count). The van der Waals surface area contributed by atoms with Gasteiger partial charge in [-0.25, -0.2) is 4.98 Å². The van der Waals surface area contributed by atoms with E-state index < -0.39 is 0 Å². The molecule has 1 saturated heterocycles. The molecule has 0 amide bonds. The van der Waals surface area contributed by atoms with Gasteiger partial charge in [0.2, 0.25) is 0 Å². The Bertz CT molecular complexity index is 521. The van der Waals surface area contributed by atoms with E-state index >= 15 is 0 Å². The second kappa shape index (κ2) is 10.9. The molecule has 8 heteroatoms. The van der Waals surface area contributed by atoms with Crippen LogP contribution in [-0.2, 0) is 0 Å². The highest BCUT2D eigenvalue weighted by Gasteiger charge is 2.38. The van der Waals surface area contributed by atoms with E-state index in [9.17, 15) is 0 Å². The Morgan fingerprint density at radius 1 is 1.48 bits per heavy atom. The Balaban J connectivity index is 0.00000225. The number of nitrogens with zero attached hydrogens (tertiary/aromatic N) is 3. The molecule has 1 aromatic rings. The van der Waals surface area contributed by atoms with Crippen LogP contribution in [0.25, 0.3) is 0 Å². The zero-order valence-corrected chi connectivity index (χ0v) is 19.1. The van der Waals surface area contributed by atoms with Gasteiger partial charge in [-0.05, 0) is 39.5 Å². The lowest BCUT2D eigenvalue weighted by Crippen LogP contribution is -2.44. The predicted octanol–water partition coefficient (Wildman–Crippen LogP) is 3.42. The number of thioether (sulfide) groups is 1. The number of rotatable bonds is 8. The van der Waals surface area contributed by atoms with Crippen LogP contribution in [0.5, 0.6) is 0 Å². The van der Waals surface area contributed by atoms with Gasteiger partial charge in [0.05, 0.1) is 0 Å². The number of halogens is 1. The van der Waals surface area contributed by atoms with E-state index in [0.717, 1.165) is 48.1 Å². The van der Waals surface area contributed by atoms with E-state index in [1.54, 1.807) is 11.3 Å². The molecular formula is C17H30IN5S2. The molecule has 1 aromatic heterocycles. The Hall–Kier alpha value is -0.0600. The molecule has 1 aliphatic heterocycles. The van der Waals surface area contributed by atoms with E-state index in [2.05, 4.69) is 34.4 Å². The van der Waals surface area contributed by atoms with Crippen LogP contribution in [-0.4, -0.2) is 59.4 Å². The molecule has 1 saturated carbocycles. The third-order valence-corrected chi connectivity index (χ3v) is 6.58. The maximum atomic E-state index is 4.75. The fourth-order valence-corrected chi connectivity index (χ4v) is 4.92. The zero-order chi connectivity index (χ0) is 16.8. The second-order valence-electron chi connectivity index (χ2n) is 6.61. The van der Waals surface area contributed by atoms with Gasteiger partial charge in [-0.2, -0.15) is 0 Å². The molecule has 142 valence electrons. The van der Waals surface area contributed by atoms with Crippen molar-refractivity contribution in [3.63, 3.8) is 0 Å². The average molecular weight is 496 g/mol. The molecule has 0 bridgehead atoms. The van der Waals surface area contributed by atoms with Crippen molar-refractivity contribution in [1.29, 1.82) is 0 Å². The van der Waals surface area contributed by atoms with Crippen molar-refractivity contribution >= 4 is 53.0 Å². The van der Waals surface area contributed by atoms with Crippen molar-refractivity contribution in [2.75, 3.05) is 25.4 Å². The zero-order valence-electron chi connectivity index (χ0n) is 15.1. The Morgan fingerprint density at radius 2 is 2.32 bits per heavy atom. The molecule has 0 radical (unpaired) electrons. The molecule has 25 heavy (non-hydrogen) atoms. The van der Waals surface area contributed by atoms with Gasteiger partial charge in [0.1, 0.15) is 4.34 Å². The van der Waals surface area contributed by atoms with Crippen LogP contribution >= 0.6 is 47.1 Å². The maximum absolute atomic E-state index is 4.75. The van der Waals surface area contributed by atoms with Gasteiger partial charge in [-0.1, -0.05) is 11.8 Å². The molecule has 0 spiro atoms. The standard InChI is InChI=1S/C17H29N5S2.HI/c1-3-18-16(19-7-4-9-23-17-20-8-10-24-17)21-14-11-13(2)22(12-14)15-5-6-15;/h8,10,13-15H,3-7,9,11-12H2,1-2H3,(H2,18,19,21);1H. The smallest absolute Gasteiger partial charge is 0.191 e. The first-order valence-corrected chi connectivity index (χ1v) is 11.0. The number of guanidine groups is 1. The lowest BCUT2D eigenvalue weighted by molar-refractivity contribution is 0.256. The summed E-state index contributed by atoms with van der Waals surface area (Å²) in [7, 11) is 0. The number of hydrogen-bond acceptors (Lipinski definition) is 5. The number of nitrogens with one attached hydrogen (secondary N) is 2. The van der Waals surface area contributed by atoms with Crippen molar-refractivity contribution < 1.29 is 0 Å². The van der Waals surface area contributed by atoms with Crippen molar-refractivity contribution in [2.24, 2.45) is 4.99 Å². The van der Waals surface area contributed by atoms with Crippen LogP contribution in [0.15, 0.2) is 20.9 Å². The lowest BCUT2D eigenvalue weighted by Gasteiger charge is -2.20. The van der Waals surface area contributed by atoms with Crippen molar-refractivity contribution in [3.8, 4) is 0 Å². The van der Waals surface area contributed by atoms with E-state index in [4.69, 9.17) is 4.99 Å². The minimum atomic E-state index is 0. The SMILES string of the molecule is CCNC(=NCCCSc1nccs1)NC1CC(C)N(C2CC2)C1.I. The predicted molar refractivity (Wildman–Crippen MR) is 120 cm³/mol. The number of aliphatic imine (C=N–C) groups is 1. The minimum absolute atomic E-state index is 0. The topological polar surface area (TPSA) is 52.6 Å². The van der Waals surface area contributed by atoms with E-state index in [1.165, 1.54) is 19.3 Å². The lowest BCUT2D eigenvalue weighted by atomic mass is 10.2. The first kappa shape index (κ1) is 21.2. The maximum Gasteiger partial charge on any atom is 0.191 e. The minimum Gasteiger partial charge on any atom is -0.357 e. The molecule has 2 N–H and O–H groups in total. The molecule has 2 fully saturated rings. The summed E-state index contributed by atoms with van der Waals surface area (Å²) in [6, 6.07) is 2.09. The van der Waals surface area contributed by atoms with Gasteiger partial charge in [0.25, 0.3) is 0 Å². The van der Waals surface area contributed by atoms with Crippen molar-refractivity contribution in [1.82, 2.24) is 20.5 Å². The molecular weight excluding hydrogens is 465 g/mol. The highest BCUT2D eigenvalue weighted by Crippen LogP contribution is 2.33. The quantitative estimate of drug-likeness (QED) is 0.190. The summed E-state index contributed by atoms with van der Waals surface area (Å²) in [5.74, 6) is 2.05. The van der Waals surface area contributed by atoms with Crippen LogP contribution < -0.4 is 10.6 Å². The monoisotopic (exact) mass is 495 g/mol. The highest BCUT2D eigenvalue weighted by atomic mass is 127.